The van der Waals surface area contributed by atoms with Crippen LogP contribution in [0, 0.1) is 0 Å². The van der Waals surface area contributed by atoms with Crippen LogP contribution in [-0.2, 0) is 4.74 Å². The first kappa shape index (κ1) is 16.6. The van der Waals surface area contributed by atoms with Gasteiger partial charge in [0.1, 0.15) is 17.4 Å². The molecule has 0 bridgehead atoms. The van der Waals surface area contributed by atoms with Gasteiger partial charge in [-0.3, -0.25) is 0 Å². The Balaban J connectivity index is 1.94. The quantitative estimate of drug-likeness (QED) is 0.642. The van der Waals surface area contributed by atoms with Crippen LogP contribution in [0.3, 0.4) is 0 Å². The van der Waals surface area contributed by atoms with E-state index in [1.54, 1.807) is 13.2 Å². The molecule has 0 aliphatic heterocycles. The van der Waals surface area contributed by atoms with E-state index >= 15 is 0 Å². The van der Waals surface area contributed by atoms with Crippen LogP contribution in [0.25, 0.3) is 11.0 Å². The third-order valence-electron chi connectivity index (χ3n) is 3.72. The lowest BCUT2D eigenvalue weighted by atomic mass is 10.00. The normalized spacial score (nSPS) is 12.7. The molecule has 0 aliphatic carbocycles. The molecule has 0 amide bonds. The standard InChI is InChI=1S/C17H18N2O4S/c1-9(2)13-8-15(20)23-14-7-11(5-6-12(13)14)22-17-18-16(19-24-17)10(3)21-4/h5-10H,1-4H3/t10-/m1/s1. The molecule has 0 saturated heterocycles. The van der Waals surface area contributed by atoms with Crippen molar-refractivity contribution in [1.29, 1.82) is 0 Å². The Kier molecular flexibility index (Phi) is 4.64. The first-order valence-electron chi connectivity index (χ1n) is 7.60. The zero-order valence-electron chi connectivity index (χ0n) is 13.9. The molecule has 126 valence electrons. The molecule has 6 nitrogen and oxygen atoms in total. The molecule has 1 aromatic carbocycles. The summed E-state index contributed by atoms with van der Waals surface area (Å²) >= 11 is 1.15. The van der Waals surface area contributed by atoms with E-state index in [4.69, 9.17) is 13.9 Å². The summed E-state index contributed by atoms with van der Waals surface area (Å²) in [6, 6.07) is 6.96. The third-order valence-corrected chi connectivity index (χ3v) is 4.32. The maximum atomic E-state index is 11.7. The minimum atomic E-state index is -0.365. The topological polar surface area (TPSA) is 74.5 Å². The predicted molar refractivity (Wildman–Crippen MR) is 92.0 cm³/mol. The molecule has 0 unspecified atom stereocenters. The van der Waals surface area contributed by atoms with Gasteiger partial charge in [0.05, 0.1) is 0 Å². The maximum absolute atomic E-state index is 11.7. The Morgan fingerprint density at radius 2 is 2.00 bits per heavy atom. The fourth-order valence-corrected chi connectivity index (χ4v) is 2.97. The molecule has 2 aromatic heterocycles. The molecule has 0 spiro atoms. The van der Waals surface area contributed by atoms with Crippen LogP contribution in [-0.4, -0.2) is 16.5 Å². The van der Waals surface area contributed by atoms with Crippen LogP contribution in [0.5, 0.6) is 10.9 Å². The number of benzene rings is 1. The molecule has 0 saturated carbocycles. The van der Waals surface area contributed by atoms with E-state index in [9.17, 15) is 4.79 Å². The van der Waals surface area contributed by atoms with Crippen molar-refractivity contribution >= 4 is 22.5 Å². The molecule has 0 aliphatic rings. The molecule has 3 aromatic rings. The van der Waals surface area contributed by atoms with Gasteiger partial charge < -0.3 is 13.9 Å². The second-order valence-corrected chi connectivity index (χ2v) is 6.45. The number of ether oxygens (including phenoxy) is 2. The lowest BCUT2D eigenvalue weighted by Gasteiger charge is -2.09. The molecule has 1 atom stereocenters. The van der Waals surface area contributed by atoms with E-state index in [0.717, 1.165) is 22.5 Å². The van der Waals surface area contributed by atoms with E-state index < -0.39 is 0 Å². The van der Waals surface area contributed by atoms with E-state index in [-0.39, 0.29) is 17.6 Å². The molecule has 0 radical (unpaired) electrons. The molecule has 3 rings (SSSR count). The van der Waals surface area contributed by atoms with Gasteiger partial charge in [-0.2, -0.15) is 9.36 Å². The van der Waals surface area contributed by atoms with Crippen molar-refractivity contribution in [3.05, 3.63) is 46.1 Å². The summed E-state index contributed by atoms with van der Waals surface area (Å²) in [7, 11) is 1.60. The zero-order chi connectivity index (χ0) is 17.3. The number of fused-ring (bicyclic) bond motifs is 1. The van der Waals surface area contributed by atoms with Gasteiger partial charge in [-0.25, -0.2) is 4.79 Å². The lowest BCUT2D eigenvalue weighted by Crippen LogP contribution is -2.02. The second-order valence-electron chi connectivity index (χ2n) is 5.73. The van der Waals surface area contributed by atoms with Crippen molar-refractivity contribution in [3.63, 3.8) is 0 Å². The second kappa shape index (κ2) is 6.70. The Morgan fingerprint density at radius 3 is 2.71 bits per heavy atom. The number of hydrogen-bond donors (Lipinski definition) is 0. The fraction of sp³-hybridized carbons (Fsp3) is 0.353. The van der Waals surface area contributed by atoms with Crippen molar-refractivity contribution in [2.45, 2.75) is 32.8 Å². The maximum Gasteiger partial charge on any atom is 0.336 e. The Hall–Kier alpha value is -2.25. The number of nitrogens with zero attached hydrogens (tertiary/aromatic N) is 2. The van der Waals surface area contributed by atoms with Crippen LogP contribution < -0.4 is 10.4 Å². The first-order valence-corrected chi connectivity index (χ1v) is 8.37. The largest absolute Gasteiger partial charge is 0.430 e. The van der Waals surface area contributed by atoms with Crippen LogP contribution in [0.15, 0.2) is 33.5 Å². The van der Waals surface area contributed by atoms with Gasteiger partial charge in [-0.1, -0.05) is 13.8 Å². The van der Waals surface area contributed by atoms with Gasteiger partial charge in [-0.05, 0) is 30.5 Å². The van der Waals surface area contributed by atoms with Crippen LogP contribution in [0.4, 0.5) is 0 Å². The highest BCUT2D eigenvalue weighted by molar-refractivity contribution is 7.07. The number of hydrogen-bond acceptors (Lipinski definition) is 7. The molecule has 7 heteroatoms. The SMILES string of the molecule is CO[C@H](C)c1nsc(Oc2ccc3c(C(C)C)cc(=O)oc3c2)n1. The highest BCUT2D eigenvalue weighted by Gasteiger charge is 2.14. The van der Waals surface area contributed by atoms with E-state index in [1.165, 1.54) is 6.07 Å². The smallest absolute Gasteiger partial charge is 0.336 e. The molecular weight excluding hydrogens is 328 g/mol. The van der Waals surface area contributed by atoms with Gasteiger partial charge in [0.2, 0.25) is 0 Å². The Bertz CT molecular complexity index is 916. The average Bonchev–Trinajstić information content (AvgIpc) is 3.01. The molecular formula is C17H18N2O4S. The Morgan fingerprint density at radius 1 is 1.21 bits per heavy atom. The van der Waals surface area contributed by atoms with Crippen molar-refractivity contribution < 1.29 is 13.9 Å². The monoisotopic (exact) mass is 346 g/mol. The number of aromatic nitrogens is 2. The number of rotatable bonds is 5. The highest BCUT2D eigenvalue weighted by Crippen LogP contribution is 2.30. The molecule has 2 heterocycles. The van der Waals surface area contributed by atoms with E-state index in [1.807, 2.05) is 32.9 Å². The zero-order valence-corrected chi connectivity index (χ0v) is 14.7. The van der Waals surface area contributed by atoms with Crippen molar-refractivity contribution in [1.82, 2.24) is 9.36 Å². The summed E-state index contributed by atoms with van der Waals surface area (Å²) in [5.41, 5.74) is 1.09. The molecule has 24 heavy (non-hydrogen) atoms. The van der Waals surface area contributed by atoms with Crippen LogP contribution >= 0.6 is 11.5 Å². The summed E-state index contributed by atoms with van der Waals surface area (Å²) in [6.45, 7) is 5.95. The summed E-state index contributed by atoms with van der Waals surface area (Å²) in [5, 5.41) is 1.32. The molecule has 0 N–H and O–H groups in total. The summed E-state index contributed by atoms with van der Waals surface area (Å²) in [5.74, 6) is 1.34. The van der Waals surface area contributed by atoms with Crippen LogP contribution in [0.1, 0.15) is 44.2 Å². The van der Waals surface area contributed by atoms with Crippen molar-refractivity contribution in [3.8, 4) is 10.9 Å². The summed E-state index contributed by atoms with van der Waals surface area (Å²) in [4.78, 5) is 16.0. The highest BCUT2D eigenvalue weighted by atomic mass is 32.1. The predicted octanol–water partition coefficient (Wildman–Crippen LogP) is 4.27. The molecule has 0 fully saturated rings. The van der Waals surface area contributed by atoms with Gasteiger partial charge in [0.25, 0.3) is 5.19 Å². The summed E-state index contributed by atoms with van der Waals surface area (Å²) in [6.07, 6.45) is -0.193. The number of methoxy groups -OCH3 is 1. The Labute approximate surface area is 143 Å². The van der Waals surface area contributed by atoms with Gasteiger partial charge >= 0.3 is 5.63 Å². The third kappa shape index (κ3) is 3.32. The van der Waals surface area contributed by atoms with Gasteiger partial charge in [-0.15, -0.1) is 0 Å². The van der Waals surface area contributed by atoms with Crippen molar-refractivity contribution in [2.75, 3.05) is 7.11 Å². The fourth-order valence-electron chi connectivity index (χ4n) is 2.34. The summed E-state index contributed by atoms with van der Waals surface area (Å²) < 4.78 is 20.4. The van der Waals surface area contributed by atoms with Crippen LogP contribution in [0.2, 0.25) is 0 Å². The van der Waals surface area contributed by atoms with Crippen molar-refractivity contribution in [2.24, 2.45) is 0 Å². The average molecular weight is 346 g/mol. The van der Waals surface area contributed by atoms with Gasteiger partial charge in [0.15, 0.2) is 5.82 Å². The first-order chi connectivity index (χ1) is 11.5. The van der Waals surface area contributed by atoms with Gasteiger partial charge in [0, 0.05) is 36.2 Å². The van der Waals surface area contributed by atoms with E-state index in [0.29, 0.717) is 22.4 Å². The minimum absolute atomic E-state index is 0.193. The lowest BCUT2D eigenvalue weighted by molar-refractivity contribution is 0.113. The van der Waals surface area contributed by atoms with E-state index in [2.05, 4.69) is 9.36 Å². The minimum Gasteiger partial charge on any atom is -0.430 e.